The summed E-state index contributed by atoms with van der Waals surface area (Å²) in [5, 5.41) is 13.5. The summed E-state index contributed by atoms with van der Waals surface area (Å²) < 4.78 is 10.5. The Hall–Kier alpha value is -3.94. The highest BCUT2D eigenvalue weighted by Crippen LogP contribution is 2.20. The van der Waals surface area contributed by atoms with Gasteiger partial charge in [-0.25, -0.2) is 0 Å². The molecule has 3 rings (SSSR count). The topological polar surface area (TPSA) is 102 Å². The van der Waals surface area contributed by atoms with E-state index in [9.17, 15) is 9.59 Å². The summed E-state index contributed by atoms with van der Waals surface area (Å²) in [5.41, 5.74) is 2.80. The molecule has 2 N–H and O–H groups in total. The van der Waals surface area contributed by atoms with E-state index in [1.54, 1.807) is 42.5 Å². The van der Waals surface area contributed by atoms with Crippen molar-refractivity contribution in [2.45, 2.75) is 6.92 Å². The molecule has 0 spiro atoms. The molecule has 0 bridgehead atoms. The van der Waals surface area contributed by atoms with Gasteiger partial charge >= 0.3 is 0 Å². The third-order valence-electron chi connectivity index (χ3n) is 3.84. The highest BCUT2D eigenvalue weighted by atomic mass is 16.5. The smallest absolute Gasteiger partial charge is 0.262 e. The summed E-state index contributed by atoms with van der Waals surface area (Å²) >= 11 is 0. The number of methoxy groups -OCH3 is 1. The number of amides is 2. The van der Waals surface area contributed by atoms with Crippen LogP contribution in [0.1, 0.15) is 6.92 Å². The molecule has 0 aliphatic carbocycles. The van der Waals surface area contributed by atoms with Crippen LogP contribution in [0.25, 0.3) is 11.3 Å². The van der Waals surface area contributed by atoms with Crippen molar-refractivity contribution in [2.24, 2.45) is 0 Å². The number of carbonyl (C=O) groups is 2. The summed E-state index contributed by atoms with van der Waals surface area (Å²) in [6.07, 6.45) is 0. The number of aromatic nitrogens is 2. The van der Waals surface area contributed by atoms with E-state index in [4.69, 9.17) is 9.47 Å². The molecule has 3 aromatic rings. The van der Waals surface area contributed by atoms with Gasteiger partial charge in [-0.05, 0) is 30.3 Å². The molecule has 2 aromatic carbocycles. The molecule has 8 nitrogen and oxygen atoms in total. The van der Waals surface area contributed by atoms with Crippen LogP contribution in [-0.2, 0) is 9.59 Å². The first-order chi connectivity index (χ1) is 14.0. The zero-order valence-electron chi connectivity index (χ0n) is 16.0. The van der Waals surface area contributed by atoms with E-state index in [0.717, 1.165) is 5.56 Å². The van der Waals surface area contributed by atoms with Crippen LogP contribution in [0.3, 0.4) is 0 Å². The van der Waals surface area contributed by atoms with Gasteiger partial charge in [-0.3, -0.25) is 9.59 Å². The minimum absolute atomic E-state index is 0.158. The first-order valence-corrected chi connectivity index (χ1v) is 8.82. The monoisotopic (exact) mass is 392 g/mol. The quantitative estimate of drug-likeness (QED) is 0.640. The second-order valence-electron chi connectivity index (χ2n) is 6.08. The zero-order chi connectivity index (χ0) is 20.6. The van der Waals surface area contributed by atoms with Crippen LogP contribution < -0.4 is 20.1 Å². The molecule has 0 aliphatic heterocycles. The van der Waals surface area contributed by atoms with Gasteiger partial charge < -0.3 is 20.1 Å². The Bertz CT molecular complexity index is 988. The van der Waals surface area contributed by atoms with Crippen LogP contribution in [0, 0.1) is 0 Å². The maximum absolute atomic E-state index is 12.1. The number of carbonyl (C=O) groups excluding carboxylic acids is 2. The van der Waals surface area contributed by atoms with Crippen molar-refractivity contribution in [1.82, 2.24) is 10.2 Å². The fourth-order valence-corrected chi connectivity index (χ4v) is 2.52. The molecule has 0 radical (unpaired) electrons. The molecule has 29 heavy (non-hydrogen) atoms. The molecule has 0 atom stereocenters. The fraction of sp³-hybridized carbons (Fsp3) is 0.143. The van der Waals surface area contributed by atoms with Crippen molar-refractivity contribution in [3.8, 4) is 22.9 Å². The Morgan fingerprint density at radius 2 is 1.72 bits per heavy atom. The highest BCUT2D eigenvalue weighted by Gasteiger charge is 2.06. The van der Waals surface area contributed by atoms with Crippen LogP contribution in [0.5, 0.6) is 11.6 Å². The Labute approximate surface area is 167 Å². The van der Waals surface area contributed by atoms with E-state index in [1.165, 1.54) is 14.0 Å². The van der Waals surface area contributed by atoms with Gasteiger partial charge in [0.15, 0.2) is 6.61 Å². The number of nitrogens with one attached hydrogen (secondary N) is 2. The average molecular weight is 392 g/mol. The fourth-order valence-electron chi connectivity index (χ4n) is 2.52. The normalized spacial score (nSPS) is 10.1. The molecule has 1 heterocycles. The molecule has 0 aliphatic rings. The average Bonchev–Trinajstić information content (AvgIpc) is 2.73. The minimum atomic E-state index is -0.299. The molecule has 0 saturated heterocycles. The molecule has 0 fully saturated rings. The van der Waals surface area contributed by atoms with E-state index in [-0.39, 0.29) is 18.4 Å². The van der Waals surface area contributed by atoms with Gasteiger partial charge in [-0.1, -0.05) is 18.2 Å². The van der Waals surface area contributed by atoms with Crippen LogP contribution in [0.4, 0.5) is 11.4 Å². The standard InChI is InChI=1S/C21H20N4O4/c1-14(26)22-17-4-3-5-18(12-17)29-13-20(27)23-16-8-6-15(7-9-16)19-10-11-21(28-2)25-24-19/h3-12H,13H2,1-2H3,(H,22,26)(H,23,27). The Morgan fingerprint density at radius 1 is 0.931 bits per heavy atom. The SMILES string of the molecule is COc1ccc(-c2ccc(NC(=O)COc3cccc(NC(C)=O)c3)cc2)nn1. The Morgan fingerprint density at radius 3 is 2.38 bits per heavy atom. The molecular formula is C21H20N4O4. The van der Waals surface area contributed by atoms with Crippen molar-refractivity contribution < 1.29 is 19.1 Å². The lowest BCUT2D eigenvalue weighted by Crippen LogP contribution is -2.20. The number of hydrogen-bond donors (Lipinski definition) is 2. The number of anilines is 2. The van der Waals surface area contributed by atoms with Gasteiger partial charge in [0.2, 0.25) is 11.8 Å². The van der Waals surface area contributed by atoms with Crippen molar-refractivity contribution >= 4 is 23.2 Å². The van der Waals surface area contributed by atoms with Crippen molar-refractivity contribution in [3.63, 3.8) is 0 Å². The van der Waals surface area contributed by atoms with Crippen molar-refractivity contribution in [2.75, 3.05) is 24.4 Å². The van der Waals surface area contributed by atoms with E-state index in [0.29, 0.717) is 28.7 Å². The molecule has 0 unspecified atom stereocenters. The lowest BCUT2D eigenvalue weighted by molar-refractivity contribution is -0.118. The first-order valence-electron chi connectivity index (χ1n) is 8.82. The van der Waals surface area contributed by atoms with E-state index >= 15 is 0 Å². The van der Waals surface area contributed by atoms with Crippen LogP contribution >= 0.6 is 0 Å². The van der Waals surface area contributed by atoms with Crippen molar-refractivity contribution in [3.05, 3.63) is 60.7 Å². The molecule has 1 aromatic heterocycles. The van der Waals surface area contributed by atoms with Crippen molar-refractivity contribution in [1.29, 1.82) is 0 Å². The Balaban J connectivity index is 1.54. The number of nitrogens with zero attached hydrogens (tertiary/aromatic N) is 2. The first kappa shape index (κ1) is 19.8. The minimum Gasteiger partial charge on any atom is -0.484 e. The van der Waals surface area contributed by atoms with Gasteiger partial charge in [0.05, 0.1) is 12.8 Å². The van der Waals surface area contributed by atoms with E-state index in [1.807, 2.05) is 18.2 Å². The number of rotatable bonds is 7. The summed E-state index contributed by atoms with van der Waals surface area (Å²) in [6, 6.07) is 17.6. The summed E-state index contributed by atoms with van der Waals surface area (Å²) in [4.78, 5) is 23.2. The number of benzene rings is 2. The molecule has 8 heteroatoms. The lowest BCUT2D eigenvalue weighted by Gasteiger charge is -2.09. The molecule has 2 amide bonds. The predicted octanol–water partition coefficient (Wildman–Crippen LogP) is 3.13. The second kappa shape index (κ2) is 9.32. The number of ether oxygens (including phenoxy) is 2. The van der Waals surface area contributed by atoms with Gasteiger partial charge in [-0.2, -0.15) is 0 Å². The summed E-state index contributed by atoms with van der Waals surface area (Å²) in [5.74, 6) is 0.455. The van der Waals surface area contributed by atoms with E-state index in [2.05, 4.69) is 20.8 Å². The van der Waals surface area contributed by atoms with Crippen LogP contribution in [0.2, 0.25) is 0 Å². The van der Waals surface area contributed by atoms with Crippen LogP contribution in [-0.4, -0.2) is 35.7 Å². The molecule has 0 saturated carbocycles. The lowest BCUT2D eigenvalue weighted by atomic mass is 10.1. The Kier molecular flexibility index (Phi) is 6.36. The summed E-state index contributed by atoms with van der Waals surface area (Å²) in [6.45, 7) is 1.27. The maximum atomic E-state index is 12.1. The van der Waals surface area contributed by atoms with Gasteiger partial charge in [0, 0.05) is 36.0 Å². The van der Waals surface area contributed by atoms with E-state index < -0.39 is 0 Å². The van der Waals surface area contributed by atoms with Gasteiger partial charge in [0.25, 0.3) is 5.91 Å². The highest BCUT2D eigenvalue weighted by molar-refractivity contribution is 5.92. The number of hydrogen-bond acceptors (Lipinski definition) is 6. The zero-order valence-corrected chi connectivity index (χ0v) is 16.0. The second-order valence-corrected chi connectivity index (χ2v) is 6.08. The third kappa shape index (κ3) is 5.77. The van der Waals surface area contributed by atoms with Gasteiger partial charge in [-0.15, -0.1) is 10.2 Å². The predicted molar refractivity (Wildman–Crippen MR) is 109 cm³/mol. The third-order valence-corrected chi connectivity index (χ3v) is 3.84. The largest absolute Gasteiger partial charge is 0.484 e. The molecular weight excluding hydrogens is 372 g/mol. The maximum Gasteiger partial charge on any atom is 0.262 e. The van der Waals surface area contributed by atoms with Gasteiger partial charge in [0.1, 0.15) is 5.75 Å². The molecule has 148 valence electrons. The summed E-state index contributed by atoms with van der Waals surface area (Å²) in [7, 11) is 1.53. The van der Waals surface area contributed by atoms with Crippen LogP contribution in [0.15, 0.2) is 60.7 Å².